The lowest BCUT2D eigenvalue weighted by Gasteiger charge is -2.44. The van der Waals surface area contributed by atoms with E-state index in [4.69, 9.17) is 29.2 Å². The largest absolute Gasteiger partial charge is 0.394 e. The SMILES string of the molecule is OC[C@@H](O)[C@@H](O)[C@H](O)[C@@H](CO)O[C@H]1O[C@H](CO)[C@@H](O)[C@H](O)[C@@H]1O[C@@H]1O[C@@H]([C@H](O)CO)[C@H](O)[C@H]1O. The molecule has 16 nitrogen and oxygen atoms in total. The number of aliphatic hydroxyl groups is 12. The molecule has 0 saturated carbocycles. The average Bonchev–Trinajstić information content (AvgIpc) is 3.12. The van der Waals surface area contributed by atoms with Gasteiger partial charge in [0.2, 0.25) is 0 Å². The van der Waals surface area contributed by atoms with E-state index in [0.717, 1.165) is 0 Å². The zero-order valence-corrected chi connectivity index (χ0v) is 17.9. The molecule has 34 heavy (non-hydrogen) atoms. The van der Waals surface area contributed by atoms with Crippen molar-refractivity contribution in [2.75, 3.05) is 26.4 Å². The van der Waals surface area contributed by atoms with Gasteiger partial charge in [0.1, 0.15) is 73.2 Å². The summed E-state index contributed by atoms with van der Waals surface area (Å²) in [5.74, 6) is 0. The van der Waals surface area contributed by atoms with Crippen molar-refractivity contribution in [3.8, 4) is 0 Å². The van der Waals surface area contributed by atoms with Gasteiger partial charge < -0.3 is 80.2 Å². The predicted octanol–water partition coefficient (Wildman–Crippen LogP) is -7.94. The third-order valence-corrected chi connectivity index (χ3v) is 5.74. The number of hydrogen-bond donors (Lipinski definition) is 12. The topological polar surface area (TPSA) is 280 Å². The van der Waals surface area contributed by atoms with E-state index >= 15 is 0 Å². The van der Waals surface area contributed by atoms with Crippen molar-refractivity contribution >= 4 is 0 Å². The van der Waals surface area contributed by atoms with Gasteiger partial charge in [0, 0.05) is 0 Å². The van der Waals surface area contributed by atoms with Gasteiger partial charge in [-0.05, 0) is 0 Å². The van der Waals surface area contributed by atoms with Crippen molar-refractivity contribution in [2.45, 2.75) is 85.8 Å². The lowest BCUT2D eigenvalue weighted by Crippen LogP contribution is -2.62. The Morgan fingerprint density at radius 1 is 0.676 bits per heavy atom. The maximum absolute atomic E-state index is 10.5. The summed E-state index contributed by atoms with van der Waals surface area (Å²) in [6.07, 6.45) is -24.4. The molecule has 2 rings (SSSR count). The first-order valence-corrected chi connectivity index (χ1v) is 10.5. The maximum Gasteiger partial charge on any atom is 0.187 e. The molecule has 0 unspecified atom stereocenters. The van der Waals surface area contributed by atoms with Crippen molar-refractivity contribution in [1.82, 2.24) is 0 Å². The summed E-state index contributed by atoms with van der Waals surface area (Å²) in [5.41, 5.74) is 0. The van der Waals surface area contributed by atoms with Gasteiger partial charge in [-0.15, -0.1) is 0 Å². The normalized spacial score (nSPS) is 41.1. The molecule has 2 fully saturated rings. The second kappa shape index (κ2) is 13.1. The third-order valence-electron chi connectivity index (χ3n) is 5.74. The van der Waals surface area contributed by atoms with E-state index < -0.39 is 112 Å². The Kier molecular flexibility index (Phi) is 11.4. The van der Waals surface area contributed by atoms with Gasteiger partial charge in [0.15, 0.2) is 12.6 Å². The Morgan fingerprint density at radius 2 is 1.32 bits per heavy atom. The van der Waals surface area contributed by atoms with Crippen LogP contribution in [0.2, 0.25) is 0 Å². The molecule has 0 aromatic carbocycles. The van der Waals surface area contributed by atoms with Crippen LogP contribution < -0.4 is 0 Å². The number of ether oxygens (including phenoxy) is 4. The summed E-state index contributed by atoms with van der Waals surface area (Å²) in [6, 6.07) is 0. The van der Waals surface area contributed by atoms with Crippen LogP contribution in [0.3, 0.4) is 0 Å². The van der Waals surface area contributed by atoms with E-state index in [9.17, 15) is 51.1 Å². The Balaban J connectivity index is 2.23. The molecule has 2 aliphatic heterocycles. The predicted molar refractivity (Wildman–Crippen MR) is 103 cm³/mol. The van der Waals surface area contributed by atoms with Gasteiger partial charge >= 0.3 is 0 Å². The number of hydrogen-bond acceptors (Lipinski definition) is 16. The van der Waals surface area contributed by atoms with Crippen LogP contribution in [0.25, 0.3) is 0 Å². The molecule has 2 saturated heterocycles. The number of rotatable bonds is 12. The van der Waals surface area contributed by atoms with Gasteiger partial charge in [-0.3, -0.25) is 0 Å². The fourth-order valence-electron chi connectivity index (χ4n) is 3.63. The van der Waals surface area contributed by atoms with Gasteiger partial charge in [-0.1, -0.05) is 0 Å². The highest BCUT2D eigenvalue weighted by Crippen LogP contribution is 2.31. The van der Waals surface area contributed by atoms with Crippen LogP contribution in [0.4, 0.5) is 0 Å². The van der Waals surface area contributed by atoms with Gasteiger partial charge in [0.05, 0.1) is 26.4 Å². The molecule has 0 radical (unpaired) electrons. The van der Waals surface area contributed by atoms with E-state index in [1.54, 1.807) is 0 Å². The lowest BCUT2D eigenvalue weighted by molar-refractivity contribution is -0.352. The van der Waals surface area contributed by atoms with Crippen LogP contribution in [0, 0.1) is 0 Å². The van der Waals surface area contributed by atoms with Crippen LogP contribution in [-0.4, -0.2) is 174 Å². The van der Waals surface area contributed by atoms with E-state index in [2.05, 4.69) is 0 Å². The highest BCUT2D eigenvalue weighted by atomic mass is 16.8. The number of aliphatic hydroxyl groups excluding tert-OH is 12. The first-order valence-electron chi connectivity index (χ1n) is 10.5. The molecule has 202 valence electrons. The van der Waals surface area contributed by atoms with Crippen LogP contribution in [0.5, 0.6) is 0 Å². The molecule has 0 amide bonds. The van der Waals surface area contributed by atoms with Crippen molar-refractivity contribution in [2.24, 2.45) is 0 Å². The molecule has 14 atom stereocenters. The van der Waals surface area contributed by atoms with E-state index in [1.807, 2.05) is 0 Å². The summed E-state index contributed by atoms with van der Waals surface area (Å²) in [6.45, 7) is -3.54. The molecule has 0 aromatic heterocycles. The molecule has 0 aromatic rings. The zero-order valence-electron chi connectivity index (χ0n) is 17.9. The molecule has 16 heteroatoms. The minimum absolute atomic E-state index is 0.810. The minimum atomic E-state index is -1.99. The molecule has 2 heterocycles. The molecule has 0 aliphatic carbocycles. The summed E-state index contributed by atoms with van der Waals surface area (Å²) in [7, 11) is 0. The van der Waals surface area contributed by atoms with E-state index in [-0.39, 0.29) is 0 Å². The van der Waals surface area contributed by atoms with Gasteiger partial charge in [0.25, 0.3) is 0 Å². The van der Waals surface area contributed by atoms with E-state index in [0.29, 0.717) is 0 Å². The van der Waals surface area contributed by atoms with E-state index in [1.165, 1.54) is 0 Å². The first kappa shape index (κ1) is 29.6. The molecule has 12 N–H and O–H groups in total. The minimum Gasteiger partial charge on any atom is -0.394 e. The fraction of sp³-hybridized carbons (Fsp3) is 1.00. The average molecular weight is 506 g/mol. The van der Waals surface area contributed by atoms with Crippen molar-refractivity contribution in [3.05, 3.63) is 0 Å². The summed E-state index contributed by atoms with van der Waals surface area (Å²) in [4.78, 5) is 0. The second-order valence-corrected chi connectivity index (χ2v) is 8.10. The molecule has 0 bridgehead atoms. The smallest absolute Gasteiger partial charge is 0.187 e. The Bertz CT molecular complexity index is 598. The zero-order chi connectivity index (χ0) is 25.7. The lowest BCUT2D eigenvalue weighted by atomic mass is 9.98. The Morgan fingerprint density at radius 3 is 1.85 bits per heavy atom. The van der Waals surface area contributed by atoms with Gasteiger partial charge in [-0.2, -0.15) is 0 Å². The van der Waals surface area contributed by atoms with Crippen molar-refractivity contribution < 1.29 is 80.2 Å². The van der Waals surface area contributed by atoms with Gasteiger partial charge in [-0.25, -0.2) is 0 Å². The highest BCUT2D eigenvalue weighted by molar-refractivity contribution is 4.95. The Labute approximate surface area is 193 Å². The monoisotopic (exact) mass is 506 g/mol. The van der Waals surface area contributed by atoms with Crippen LogP contribution in [0.15, 0.2) is 0 Å². The molecule has 2 aliphatic rings. The first-order chi connectivity index (χ1) is 16.0. The van der Waals surface area contributed by atoms with Crippen LogP contribution in [-0.2, 0) is 18.9 Å². The van der Waals surface area contributed by atoms with Crippen molar-refractivity contribution in [1.29, 1.82) is 0 Å². The Hall–Kier alpha value is -0.640. The fourth-order valence-corrected chi connectivity index (χ4v) is 3.63. The van der Waals surface area contributed by atoms with Crippen LogP contribution >= 0.6 is 0 Å². The summed E-state index contributed by atoms with van der Waals surface area (Å²) in [5, 5.41) is 117. The molecular formula is C18H34O16. The maximum atomic E-state index is 10.5. The highest BCUT2D eigenvalue weighted by Gasteiger charge is 2.52. The van der Waals surface area contributed by atoms with Crippen molar-refractivity contribution in [3.63, 3.8) is 0 Å². The van der Waals surface area contributed by atoms with Crippen LogP contribution in [0.1, 0.15) is 0 Å². The standard InChI is InChI=1S/C18H34O16/c19-1-5(23)9(25)10(26)7(3-21)31-18-16(12(28)11(27)8(4-22)32-18)34-17-14(30)13(29)15(33-17)6(24)2-20/h5-30H,1-4H2/t5-,6-,7-,8-,9-,10-,11-,12+,13-,14-,15+,16+,17+,18+/m1/s1. The summed E-state index contributed by atoms with van der Waals surface area (Å²) >= 11 is 0. The third kappa shape index (κ3) is 6.37. The quantitative estimate of drug-likeness (QED) is 0.117. The molecule has 0 spiro atoms. The molecular weight excluding hydrogens is 472 g/mol. The second-order valence-electron chi connectivity index (χ2n) is 8.10. The summed E-state index contributed by atoms with van der Waals surface area (Å²) < 4.78 is 21.3.